The first-order valence-corrected chi connectivity index (χ1v) is 9.40. The molecule has 7 nitrogen and oxygen atoms in total. The van der Waals surface area contributed by atoms with Crippen molar-refractivity contribution in [3.8, 4) is 0 Å². The van der Waals surface area contributed by atoms with Gasteiger partial charge in [0, 0.05) is 11.1 Å². The molecule has 1 heterocycles. The minimum atomic E-state index is -1.26. The van der Waals surface area contributed by atoms with Gasteiger partial charge in [-0.1, -0.05) is 60.7 Å². The van der Waals surface area contributed by atoms with Gasteiger partial charge in [0.05, 0.1) is 11.4 Å². The normalized spacial score (nSPS) is 16.4. The van der Waals surface area contributed by atoms with Gasteiger partial charge in [-0.15, -0.1) is 0 Å². The molecule has 0 aliphatic carbocycles. The topological polar surface area (TPSA) is 90.5 Å². The van der Waals surface area contributed by atoms with E-state index in [1.165, 1.54) is 0 Å². The van der Waals surface area contributed by atoms with E-state index in [9.17, 15) is 14.4 Å². The quantitative estimate of drug-likeness (QED) is 0.451. The summed E-state index contributed by atoms with van der Waals surface area (Å²) in [5, 5.41) is 4.24. The predicted octanol–water partition coefficient (Wildman–Crippen LogP) is 3.48. The zero-order valence-electron chi connectivity index (χ0n) is 16.3. The average molecular weight is 400 g/mol. The number of aryl methyl sites for hydroxylation is 1. The van der Waals surface area contributed by atoms with E-state index in [0.717, 1.165) is 26.9 Å². The first-order chi connectivity index (χ1) is 14.5. The molecule has 4 amide bonds. The minimum absolute atomic E-state index is 0.134. The van der Waals surface area contributed by atoms with Crippen molar-refractivity contribution in [2.24, 2.45) is 5.92 Å². The number of amides is 4. The predicted molar refractivity (Wildman–Crippen MR) is 116 cm³/mol. The lowest BCUT2D eigenvalue weighted by Gasteiger charge is -2.31. The molecular weight excluding hydrogens is 380 g/mol. The molecule has 0 unspecified atom stereocenters. The molecule has 1 aliphatic heterocycles. The minimum Gasteiger partial charge on any atom is -0.304 e. The van der Waals surface area contributed by atoms with Gasteiger partial charge in [0.15, 0.2) is 5.92 Å². The van der Waals surface area contributed by atoms with Crippen LogP contribution in [0.1, 0.15) is 5.56 Å². The Morgan fingerprint density at radius 2 is 1.67 bits per heavy atom. The summed E-state index contributed by atoms with van der Waals surface area (Å²) in [6, 6.07) is 19.7. The fraction of sp³-hybridized carbons (Fsp3) is 0.0870. The van der Waals surface area contributed by atoms with Crippen LogP contribution < -0.4 is 21.1 Å². The Morgan fingerprint density at radius 3 is 2.43 bits per heavy atom. The van der Waals surface area contributed by atoms with Crippen LogP contribution in [0.4, 0.5) is 16.2 Å². The van der Waals surface area contributed by atoms with Crippen LogP contribution in [-0.2, 0) is 9.59 Å². The molecule has 1 atom stereocenters. The van der Waals surface area contributed by atoms with Gasteiger partial charge in [-0.2, -0.15) is 0 Å². The van der Waals surface area contributed by atoms with Crippen LogP contribution in [-0.4, -0.2) is 17.8 Å². The number of benzene rings is 3. The highest BCUT2D eigenvalue weighted by Gasteiger charge is 2.43. The summed E-state index contributed by atoms with van der Waals surface area (Å²) in [6.07, 6.45) is 0. The van der Waals surface area contributed by atoms with Crippen LogP contribution >= 0.6 is 0 Å². The molecule has 3 aromatic rings. The van der Waals surface area contributed by atoms with Gasteiger partial charge in [0.1, 0.15) is 0 Å². The molecule has 1 fully saturated rings. The van der Waals surface area contributed by atoms with Gasteiger partial charge in [-0.05, 0) is 30.5 Å². The SMILES string of the molecule is C=C(NNc1cccc2ccccc12)[C@@H]1C(=O)NC(=O)N(c2ccc(C)cc2)C1=O. The number of hydrogen-bond donors (Lipinski definition) is 3. The van der Waals surface area contributed by atoms with Crippen molar-refractivity contribution < 1.29 is 14.4 Å². The van der Waals surface area contributed by atoms with Gasteiger partial charge >= 0.3 is 6.03 Å². The second-order valence-corrected chi connectivity index (χ2v) is 7.04. The number of imide groups is 2. The molecule has 0 saturated carbocycles. The number of anilines is 2. The summed E-state index contributed by atoms with van der Waals surface area (Å²) in [7, 11) is 0. The molecule has 0 spiro atoms. The van der Waals surface area contributed by atoms with Crippen molar-refractivity contribution in [2.45, 2.75) is 6.92 Å². The van der Waals surface area contributed by atoms with E-state index in [1.807, 2.05) is 49.4 Å². The zero-order chi connectivity index (χ0) is 21.3. The van der Waals surface area contributed by atoms with Crippen LogP contribution in [0.3, 0.4) is 0 Å². The Morgan fingerprint density at radius 1 is 0.967 bits per heavy atom. The van der Waals surface area contributed by atoms with E-state index < -0.39 is 23.8 Å². The standard InChI is InChI=1S/C23H20N4O3/c1-14-10-12-17(13-11-14)27-22(29)20(21(28)24-23(27)30)15(2)25-26-19-9-5-7-16-6-3-4-8-18(16)19/h3-13,20,25-26H,2H2,1H3,(H,24,28,30)/t20-/m1/s1. The van der Waals surface area contributed by atoms with E-state index in [1.54, 1.807) is 24.3 Å². The summed E-state index contributed by atoms with van der Waals surface area (Å²) in [5.74, 6) is -2.64. The number of rotatable bonds is 5. The van der Waals surface area contributed by atoms with E-state index in [2.05, 4.69) is 22.7 Å². The summed E-state index contributed by atoms with van der Waals surface area (Å²) in [5.41, 5.74) is 8.14. The maximum Gasteiger partial charge on any atom is 0.335 e. The van der Waals surface area contributed by atoms with E-state index >= 15 is 0 Å². The molecular formula is C23H20N4O3. The third-order valence-corrected chi connectivity index (χ3v) is 4.95. The Labute approximate surface area is 173 Å². The van der Waals surface area contributed by atoms with Crippen LogP contribution in [0.25, 0.3) is 10.8 Å². The maximum atomic E-state index is 13.0. The van der Waals surface area contributed by atoms with E-state index in [0.29, 0.717) is 5.69 Å². The molecule has 3 aromatic carbocycles. The summed E-state index contributed by atoms with van der Waals surface area (Å²) in [4.78, 5) is 38.7. The van der Waals surface area contributed by atoms with Gasteiger partial charge < -0.3 is 10.9 Å². The maximum absolute atomic E-state index is 13.0. The van der Waals surface area contributed by atoms with Crippen molar-refractivity contribution in [3.05, 3.63) is 84.6 Å². The second kappa shape index (κ2) is 7.71. The Hall–Kier alpha value is -4.13. The molecule has 4 rings (SSSR count). The largest absolute Gasteiger partial charge is 0.335 e. The number of nitrogens with zero attached hydrogens (tertiary/aromatic N) is 1. The fourth-order valence-corrected chi connectivity index (χ4v) is 3.37. The number of carbonyl (C=O) groups excluding carboxylic acids is 3. The summed E-state index contributed by atoms with van der Waals surface area (Å²) in [6.45, 7) is 5.75. The lowest BCUT2D eigenvalue weighted by molar-refractivity contribution is -0.132. The molecule has 1 aliphatic rings. The number of fused-ring (bicyclic) bond motifs is 1. The second-order valence-electron chi connectivity index (χ2n) is 7.04. The first-order valence-electron chi connectivity index (χ1n) is 9.40. The Balaban J connectivity index is 1.55. The summed E-state index contributed by atoms with van der Waals surface area (Å²) < 4.78 is 0. The monoisotopic (exact) mass is 400 g/mol. The number of hydrogen-bond acceptors (Lipinski definition) is 5. The van der Waals surface area contributed by atoms with Gasteiger partial charge in [0.25, 0.3) is 5.91 Å². The van der Waals surface area contributed by atoms with E-state index in [4.69, 9.17) is 0 Å². The Kier molecular flexibility index (Phi) is 4.93. The number of barbiturate groups is 1. The highest BCUT2D eigenvalue weighted by atomic mass is 16.2. The molecule has 150 valence electrons. The molecule has 0 aromatic heterocycles. The number of hydrazine groups is 1. The third-order valence-electron chi connectivity index (χ3n) is 4.95. The van der Waals surface area contributed by atoms with Crippen molar-refractivity contribution in [1.82, 2.24) is 10.7 Å². The van der Waals surface area contributed by atoms with Crippen LogP contribution in [0, 0.1) is 12.8 Å². The fourth-order valence-electron chi connectivity index (χ4n) is 3.37. The number of urea groups is 1. The van der Waals surface area contributed by atoms with Crippen molar-refractivity contribution in [3.63, 3.8) is 0 Å². The molecule has 0 radical (unpaired) electrons. The third kappa shape index (κ3) is 3.48. The zero-order valence-corrected chi connectivity index (χ0v) is 16.3. The van der Waals surface area contributed by atoms with Gasteiger partial charge in [-0.3, -0.25) is 14.9 Å². The molecule has 1 saturated heterocycles. The van der Waals surface area contributed by atoms with Gasteiger partial charge in [-0.25, -0.2) is 9.69 Å². The van der Waals surface area contributed by atoms with Crippen LogP contribution in [0.15, 0.2) is 79.0 Å². The van der Waals surface area contributed by atoms with Gasteiger partial charge in [0.2, 0.25) is 5.91 Å². The van der Waals surface area contributed by atoms with E-state index in [-0.39, 0.29) is 5.70 Å². The molecule has 0 bridgehead atoms. The van der Waals surface area contributed by atoms with Crippen molar-refractivity contribution in [1.29, 1.82) is 0 Å². The average Bonchev–Trinajstić information content (AvgIpc) is 2.73. The van der Waals surface area contributed by atoms with Crippen LogP contribution in [0.2, 0.25) is 0 Å². The molecule has 3 N–H and O–H groups in total. The lowest BCUT2D eigenvalue weighted by Crippen LogP contribution is -2.59. The molecule has 7 heteroatoms. The smallest absolute Gasteiger partial charge is 0.304 e. The number of carbonyl (C=O) groups is 3. The highest BCUT2D eigenvalue weighted by molar-refractivity contribution is 6.28. The van der Waals surface area contributed by atoms with Crippen molar-refractivity contribution >= 4 is 40.0 Å². The van der Waals surface area contributed by atoms with Crippen LogP contribution in [0.5, 0.6) is 0 Å². The summed E-state index contributed by atoms with van der Waals surface area (Å²) >= 11 is 0. The highest BCUT2D eigenvalue weighted by Crippen LogP contribution is 2.25. The molecule has 30 heavy (non-hydrogen) atoms. The number of nitrogens with one attached hydrogen (secondary N) is 3. The first kappa shape index (κ1) is 19.2. The van der Waals surface area contributed by atoms with Crippen molar-refractivity contribution in [2.75, 3.05) is 10.3 Å². The lowest BCUT2D eigenvalue weighted by atomic mass is 10.0. The Bertz CT molecular complexity index is 1170.